The van der Waals surface area contributed by atoms with Crippen molar-refractivity contribution in [1.82, 2.24) is 19.7 Å². The summed E-state index contributed by atoms with van der Waals surface area (Å²) in [7, 11) is 4.19. The van der Waals surface area contributed by atoms with Crippen molar-refractivity contribution in [2.75, 3.05) is 26.7 Å². The first kappa shape index (κ1) is 17.9. The monoisotopic (exact) mass is 319 g/mol. The van der Waals surface area contributed by atoms with Crippen LogP contribution in [0.2, 0.25) is 0 Å². The van der Waals surface area contributed by atoms with Gasteiger partial charge in [-0.25, -0.2) is 0 Å². The van der Waals surface area contributed by atoms with Gasteiger partial charge in [-0.15, -0.1) is 0 Å². The first-order valence-electron chi connectivity index (χ1n) is 8.88. The number of rotatable bonds is 8. The van der Waals surface area contributed by atoms with Crippen LogP contribution in [0, 0.1) is 0 Å². The zero-order chi connectivity index (χ0) is 16.8. The molecule has 2 rings (SSSR count). The largest absolute Gasteiger partial charge is 0.357 e. The number of nitrogens with zero attached hydrogens (tertiary/aromatic N) is 4. The molecule has 1 aromatic heterocycles. The number of guanidine groups is 1. The molecular weight excluding hydrogens is 286 g/mol. The van der Waals surface area contributed by atoms with E-state index in [9.17, 15) is 0 Å². The average molecular weight is 319 g/mol. The fourth-order valence-corrected chi connectivity index (χ4v) is 2.99. The normalized spacial score (nSPS) is 15.5. The molecule has 1 aromatic rings. The van der Waals surface area contributed by atoms with Gasteiger partial charge in [-0.3, -0.25) is 9.89 Å². The average Bonchev–Trinajstić information content (AvgIpc) is 3.26. The third kappa shape index (κ3) is 5.27. The number of nitrogens with one attached hydrogen (secondary N) is 1. The Morgan fingerprint density at radius 3 is 2.70 bits per heavy atom. The van der Waals surface area contributed by atoms with Crippen LogP contribution in [0.4, 0.5) is 0 Å². The Labute approximate surface area is 141 Å². The molecule has 130 valence electrons. The summed E-state index contributed by atoms with van der Waals surface area (Å²) < 4.78 is 2.16. The van der Waals surface area contributed by atoms with Crippen LogP contribution in [-0.2, 0) is 13.6 Å². The van der Waals surface area contributed by atoms with Crippen LogP contribution in [0.1, 0.15) is 39.3 Å². The standard InChI is InChI=1S/C18H33N5/c1-6-19-18(22(5)14-17-8-7-12-21(17)4)20-11-13-23(15(2)3)16-9-10-16/h7-8,12,15-16H,6,9-11,13-14H2,1-5H3,(H,19,20). The lowest BCUT2D eigenvalue weighted by molar-refractivity contribution is 0.217. The van der Waals surface area contributed by atoms with Gasteiger partial charge in [-0.05, 0) is 45.7 Å². The van der Waals surface area contributed by atoms with E-state index >= 15 is 0 Å². The molecule has 1 aliphatic carbocycles. The van der Waals surface area contributed by atoms with Gasteiger partial charge in [0, 0.05) is 51.2 Å². The van der Waals surface area contributed by atoms with E-state index in [1.165, 1.54) is 18.5 Å². The summed E-state index contributed by atoms with van der Waals surface area (Å²) in [5, 5.41) is 3.41. The molecule has 1 aliphatic rings. The van der Waals surface area contributed by atoms with Gasteiger partial charge in [-0.2, -0.15) is 0 Å². The van der Waals surface area contributed by atoms with E-state index in [-0.39, 0.29) is 0 Å². The highest BCUT2D eigenvalue weighted by atomic mass is 15.3. The second kappa shape index (κ2) is 8.39. The molecule has 0 aromatic carbocycles. The van der Waals surface area contributed by atoms with E-state index in [1.807, 2.05) is 0 Å². The third-order valence-electron chi connectivity index (χ3n) is 4.45. The lowest BCUT2D eigenvalue weighted by Gasteiger charge is -2.26. The van der Waals surface area contributed by atoms with E-state index in [0.717, 1.165) is 38.2 Å². The van der Waals surface area contributed by atoms with Gasteiger partial charge in [0.1, 0.15) is 0 Å². The molecule has 0 unspecified atom stereocenters. The second-order valence-electron chi connectivity index (χ2n) is 6.76. The van der Waals surface area contributed by atoms with Crippen molar-refractivity contribution in [1.29, 1.82) is 0 Å². The summed E-state index contributed by atoms with van der Waals surface area (Å²) in [5.74, 6) is 0.994. The van der Waals surface area contributed by atoms with Crippen LogP contribution in [0.3, 0.4) is 0 Å². The molecule has 5 nitrogen and oxygen atoms in total. The Bertz CT molecular complexity index is 499. The molecule has 1 heterocycles. The number of hydrogen-bond acceptors (Lipinski definition) is 2. The Morgan fingerprint density at radius 2 is 2.17 bits per heavy atom. The zero-order valence-corrected chi connectivity index (χ0v) is 15.4. The molecule has 5 heteroatoms. The molecule has 0 bridgehead atoms. The fraction of sp³-hybridized carbons (Fsp3) is 0.722. The van der Waals surface area contributed by atoms with Crippen LogP contribution in [0.5, 0.6) is 0 Å². The van der Waals surface area contributed by atoms with Crippen molar-refractivity contribution in [3.63, 3.8) is 0 Å². The predicted molar refractivity (Wildman–Crippen MR) is 97.7 cm³/mol. The van der Waals surface area contributed by atoms with Crippen LogP contribution in [-0.4, -0.2) is 59.1 Å². The summed E-state index contributed by atoms with van der Waals surface area (Å²) >= 11 is 0. The Morgan fingerprint density at radius 1 is 1.43 bits per heavy atom. The van der Waals surface area contributed by atoms with Crippen LogP contribution in [0.25, 0.3) is 0 Å². The quantitative estimate of drug-likeness (QED) is 0.590. The molecule has 0 spiro atoms. The summed E-state index contributed by atoms with van der Waals surface area (Å²) in [5.41, 5.74) is 1.29. The maximum atomic E-state index is 4.84. The van der Waals surface area contributed by atoms with Crippen molar-refractivity contribution in [3.05, 3.63) is 24.0 Å². The maximum Gasteiger partial charge on any atom is 0.194 e. The van der Waals surface area contributed by atoms with Crippen molar-refractivity contribution in [2.45, 2.75) is 52.2 Å². The summed E-state index contributed by atoms with van der Waals surface area (Å²) in [6.07, 6.45) is 4.80. The highest BCUT2D eigenvalue weighted by Crippen LogP contribution is 2.28. The van der Waals surface area contributed by atoms with Gasteiger partial charge in [-0.1, -0.05) is 0 Å². The molecule has 23 heavy (non-hydrogen) atoms. The smallest absolute Gasteiger partial charge is 0.194 e. The highest BCUT2D eigenvalue weighted by molar-refractivity contribution is 5.79. The van der Waals surface area contributed by atoms with Gasteiger partial charge in [0.2, 0.25) is 0 Å². The summed E-state index contributed by atoms with van der Waals surface area (Å²) in [6.45, 7) is 10.4. The van der Waals surface area contributed by atoms with Crippen LogP contribution in [0.15, 0.2) is 23.3 Å². The van der Waals surface area contributed by atoms with E-state index < -0.39 is 0 Å². The van der Waals surface area contributed by atoms with Crippen LogP contribution >= 0.6 is 0 Å². The van der Waals surface area contributed by atoms with Gasteiger partial charge in [0.05, 0.1) is 13.1 Å². The number of aliphatic imine (C=N–C) groups is 1. The van der Waals surface area contributed by atoms with Crippen molar-refractivity contribution < 1.29 is 0 Å². The minimum atomic E-state index is 0.612. The van der Waals surface area contributed by atoms with E-state index in [0.29, 0.717) is 6.04 Å². The van der Waals surface area contributed by atoms with Gasteiger partial charge in [0.25, 0.3) is 0 Å². The molecule has 0 saturated heterocycles. The predicted octanol–water partition coefficient (Wildman–Crippen LogP) is 2.30. The molecular formula is C18H33N5. The zero-order valence-electron chi connectivity index (χ0n) is 15.4. The number of hydrogen-bond donors (Lipinski definition) is 1. The minimum Gasteiger partial charge on any atom is -0.357 e. The number of aromatic nitrogens is 1. The Kier molecular flexibility index (Phi) is 6.51. The maximum absolute atomic E-state index is 4.84. The lowest BCUT2D eigenvalue weighted by atomic mass is 10.3. The molecule has 0 amide bonds. The van der Waals surface area contributed by atoms with E-state index in [2.05, 4.69) is 72.9 Å². The summed E-state index contributed by atoms with van der Waals surface area (Å²) in [4.78, 5) is 9.63. The van der Waals surface area contributed by atoms with Gasteiger partial charge in [0.15, 0.2) is 5.96 Å². The molecule has 1 saturated carbocycles. The number of aryl methyl sites for hydroxylation is 1. The Hall–Kier alpha value is -1.49. The molecule has 0 atom stereocenters. The third-order valence-corrected chi connectivity index (χ3v) is 4.45. The first-order chi connectivity index (χ1) is 11.0. The van der Waals surface area contributed by atoms with Crippen molar-refractivity contribution in [2.24, 2.45) is 12.0 Å². The highest BCUT2D eigenvalue weighted by Gasteiger charge is 2.30. The van der Waals surface area contributed by atoms with Crippen molar-refractivity contribution in [3.8, 4) is 0 Å². The SMILES string of the molecule is CCNC(=NCCN(C(C)C)C1CC1)N(C)Cc1cccn1C. The van der Waals surface area contributed by atoms with Gasteiger partial charge >= 0.3 is 0 Å². The Balaban J connectivity index is 1.91. The first-order valence-corrected chi connectivity index (χ1v) is 8.88. The fourth-order valence-electron chi connectivity index (χ4n) is 2.99. The topological polar surface area (TPSA) is 35.8 Å². The molecule has 1 fully saturated rings. The molecule has 1 N–H and O–H groups in total. The van der Waals surface area contributed by atoms with Gasteiger partial charge < -0.3 is 14.8 Å². The molecule has 0 radical (unpaired) electrons. The van der Waals surface area contributed by atoms with Crippen molar-refractivity contribution >= 4 is 5.96 Å². The lowest BCUT2D eigenvalue weighted by Crippen LogP contribution is -2.40. The molecule has 0 aliphatic heterocycles. The minimum absolute atomic E-state index is 0.612. The van der Waals surface area contributed by atoms with E-state index in [4.69, 9.17) is 4.99 Å². The van der Waals surface area contributed by atoms with Crippen LogP contribution < -0.4 is 5.32 Å². The second-order valence-corrected chi connectivity index (χ2v) is 6.76. The van der Waals surface area contributed by atoms with E-state index in [1.54, 1.807) is 0 Å². The summed E-state index contributed by atoms with van der Waals surface area (Å²) in [6, 6.07) is 5.66.